The molecule has 0 spiro atoms. The van der Waals surface area contributed by atoms with Crippen LogP contribution in [0.5, 0.6) is 5.75 Å². The minimum atomic E-state index is -3.55. The number of carbonyl (C=O) groups is 1. The number of hydrogen-bond donors (Lipinski definition) is 1. The van der Waals surface area contributed by atoms with Crippen LogP contribution in [0.1, 0.15) is 6.42 Å². The fourth-order valence-electron chi connectivity index (χ4n) is 2.34. The number of likely N-dealkylation sites (tertiary alicyclic amines) is 1. The molecular weight excluding hydrogens is 316 g/mol. The zero-order valence-electron chi connectivity index (χ0n) is 11.4. The first-order valence-electron chi connectivity index (χ1n) is 6.51. The van der Waals surface area contributed by atoms with Gasteiger partial charge in [0.2, 0.25) is 15.9 Å². The zero-order valence-corrected chi connectivity index (χ0v) is 12.9. The van der Waals surface area contributed by atoms with Crippen LogP contribution in [0.2, 0.25) is 5.02 Å². The Morgan fingerprint density at radius 2 is 2.10 bits per heavy atom. The van der Waals surface area contributed by atoms with Gasteiger partial charge in [-0.25, -0.2) is 13.6 Å². The van der Waals surface area contributed by atoms with Gasteiger partial charge in [-0.15, -0.1) is 0 Å². The summed E-state index contributed by atoms with van der Waals surface area (Å²) >= 11 is 5.96. The van der Waals surface area contributed by atoms with E-state index in [9.17, 15) is 13.2 Å². The Morgan fingerprint density at radius 3 is 2.76 bits per heavy atom. The molecular formula is C13H17ClN2O4S. The van der Waals surface area contributed by atoms with Gasteiger partial charge in [-0.1, -0.05) is 23.7 Å². The van der Waals surface area contributed by atoms with Crippen molar-refractivity contribution in [3.05, 3.63) is 29.3 Å². The van der Waals surface area contributed by atoms with Crippen molar-refractivity contribution in [3.63, 3.8) is 0 Å². The van der Waals surface area contributed by atoms with Gasteiger partial charge >= 0.3 is 0 Å². The quantitative estimate of drug-likeness (QED) is 0.836. The maximum absolute atomic E-state index is 11.8. The lowest BCUT2D eigenvalue weighted by atomic mass is 10.1. The van der Waals surface area contributed by atoms with Crippen LogP contribution in [0.15, 0.2) is 24.3 Å². The molecule has 0 aromatic heterocycles. The van der Waals surface area contributed by atoms with Gasteiger partial charge < -0.3 is 9.64 Å². The van der Waals surface area contributed by atoms with E-state index in [0.717, 1.165) is 0 Å². The van der Waals surface area contributed by atoms with E-state index >= 15 is 0 Å². The molecule has 8 heteroatoms. The van der Waals surface area contributed by atoms with Crippen molar-refractivity contribution < 1.29 is 17.9 Å². The van der Waals surface area contributed by atoms with E-state index in [1.165, 1.54) is 0 Å². The number of benzene rings is 1. The fraction of sp³-hybridized carbons (Fsp3) is 0.462. The number of ether oxygens (including phenoxy) is 1. The second-order valence-electron chi connectivity index (χ2n) is 5.02. The van der Waals surface area contributed by atoms with Gasteiger partial charge in [0.25, 0.3) is 0 Å². The minimum absolute atomic E-state index is 0.0774. The highest BCUT2D eigenvalue weighted by Gasteiger charge is 2.31. The van der Waals surface area contributed by atoms with Crippen LogP contribution in [0.3, 0.4) is 0 Å². The van der Waals surface area contributed by atoms with Gasteiger partial charge in [0.05, 0.1) is 17.3 Å². The molecule has 1 aliphatic rings. The van der Waals surface area contributed by atoms with Crippen LogP contribution >= 0.6 is 11.6 Å². The number of nitrogens with two attached hydrogens (primary N) is 1. The second kappa shape index (κ2) is 6.64. The molecule has 1 amide bonds. The van der Waals surface area contributed by atoms with Crippen molar-refractivity contribution in [2.24, 2.45) is 11.1 Å². The highest BCUT2D eigenvalue weighted by atomic mass is 35.5. The molecule has 1 unspecified atom stereocenters. The van der Waals surface area contributed by atoms with Gasteiger partial charge in [0.1, 0.15) is 12.4 Å². The summed E-state index contributed by atoms with van der Waals surface area (Å²) in [6.45, 7) is 1.09. The lowest BCUT2D eigenvalue weighted by Crippen LogP contribution is -2.31. The molecule has 1 aromatic carbocycles. The predicted octanol–water partition coefficient (Wildman–Crippen LogP) is 0.856. The van der Waals surface area contributed by atoms with Crippen molar-refractivity contribution in [2.45, 2.75) is 6.42 Å². The maximum atomic E-state index is 11.8. The molecule has 6 nitrogen and oxygen atoms in total. The van der Waals surface area contributed by atoms with E-state index in [2.05, 4.69) is 0 Å². The Labute approximate surface area is 128 Å². The van der Waals surface area contributed by atoms with Gasteiger partial charge in [-0.3, -0.25) is 4.79 Å². The molecule has 0 radical (unpaired) electrons. The van der Waals surface area contributed by atoms with Gasteiger partial charge in [-0.2, -0.15) is 0 Å². The maximum Gasteiger partial charge on any atom is 0.223 e. The molecule has 1 aliphatic heterocycles. The first kappa shape index (κ1) is 16.1. The van der Waals surface area contributed by atoms with Gasteiger partial charge in [0, 0.05) is 18.9 Å². The summed E-state index contributed by atoms with van der Waals surface area (Å²) in [6, 6.07) is 7.08. The summed E-state index contributed by atoms with van der Waals surface area (Å²) in [4.78, 5) is 13.4. The lowest BCUT2D eigenvalue weighted by molar-refractivity contribution is -0.128. The molecule has 0 saturated carbocycles. The highest BCUT2D eigenvalue weighted by molar-refractivity contribution is 7.89. The topological polar surface area (TPSA) is 89.7 Å². The third-order valence-corrected chi connectivity index (χ3v) is 4.47. The summed E-state index contributed by atoms with van der Waals surface area (Å²) in [5.74, 6) is 0.0757. The largest absolute Gasteiger partial charge is 0.490 e. The molecule has 2 N–H and O–H groups in total. The fourth-order valence-corrected chi connectivity index (χ4v) is 3.41. The first-order valence-corrected chi connectivity index (χ1v) is 8.60. The standard InChI is InChI=1S/C13H17ClN2O4S/c14-11-3-1-2-4-12(11)20-6-5-16-8-10(7-13(16)17)9-21(15,18)19/h1-4,10H,5-9H2,(H2,15,18,19). The molecule has 1 heterocycles. The summed E-state index contributed by atoms with van der Waals surface area (Å²) in [7, 11) is -3.55. The molecule has 1 aromatic rings. The van der Waals surface area contributed by atoms with E-state index in [-0.39, 0.29) is 24.0 Å². The smallest absolute Gasteiger partial charge is 0.223 e. The Balaban J connectivity index is 1.81. The lowest BCUT2D eigenvalue weighted by Gasteiger charge is -2.17. The molecule has 116 valence electrons. The normalized spacial score (nSPS) is 19.0. The molecule has 21 heavy (non-hydrogen) atoms. The van der Waals surface area contributed by atoms with Crippen molar-refractivity contribution >= 4 is 27.5 Å². The molecule has 1 saturated heterocycles. The SMILES string of the molecule is NS(=O)(=O)CC1CC(=O)N(CCOc2ccccc2Cl)C1. The number of hydrogen-bond acceptors (Lipinski definition) is 4. The number of para-hydroxylation sites is 1. The van der Waals surface area contributed by atoms with Gasteiger partial charge in [-0.05, 0) is 12.1 Å². The van der Waals surface area contributed by atoms with Crippen molar-refractivity contribution in [1.82, 2.24) is 4.90 Å². The summed E-state index contributed by atoms with van der Waals surface area (Å²) in [5.41, 5.74) is 0. The number of carbonyl (C=O) groups excluding carboxylic acids is 1. The average molecular weight is 333 g/mol. The van der Waals surface area contributed by atoms with Crippen molar-refractivity contribution in [3.8, 4) is 5.75 Å². The zero-order chi connectivity index (χ0) is 15.5. The number of amides is 1. The van der Waals surface area contributed by atoms with Crippen LogP contribution in [0, 0.1) is 5.92 Å². The number of primary sulfonamides is 1. The van der Waals surface area contributed by atoms with E-state index in [0.29, 0.717) is 30.5 Å². The molecule has 2 rings (SSSR count). The molecule has 1 atom stereocenters. The number of sulfonamides is 1. The summed E-state index contributed by atoms with van der Waals surface area (Å²) < 4.78 is 27.6. The monoisotopic (exact) mass is 332 g/mol. The van der Waals surface area contributed by atoms with E-state index in [1.807, 2.05) is 6.07 Å². The second-order valence-corrected chi connectivity index (χ2v) is 7.08. The third-order valence-electron chi connectivity index (χ3n) is 3.22. The Bertz CT molecular complexity index is 620. The van der Waals surface area contributed by atoms with E-state index in [1.54, 1.807) is 23.1 Å². The van der Waals surface area contributed by atoms with Crippen LogP contribution < -0.4 is 9.88 Å². The van der Waals surface area contributed by atoms with Crippen molar-refractivity contribution in [2.75, 3.05) is 25.4 Å². The van der Waals surface area contributed by atoms with E-state index in [4.69, 9.17) is 21.5 Å². The van der Waals surface area contributed by atoms with Crippen LogP contribution in [-0.4, -0.2) is 44.7 Å². The highest BCUT2D eigenvalue weighted by Crippen LogP contribution is 2.23. The molecule has 0 aliphatic carbocycles. The number of halogens is 1. The van der Waals surface area contributed by atoms with Crippen molar-refractivity contribution in [1.29, 1.82) is 0 Å². The minimum Gasteiger partial charge on any atom is -0.490 e. The predicted molar refractivity (Wildman–Crippen MR) is 79.6 cm³/mol. The Hall–Kier alpha value is -1.31. The third kappa shape index (κ3) is 4.87. The van der Waals surface area contributed by atoms with Crippen LogP contribution in [-0.2, 0) is 14.8 Å². The summed E-state index contributed by atoms with van der Waals surface area (Å²) in [6.07, 6.45) is 0.211. The molecule has 1 fully saturated rings. The number of nitrogens with zero attached hydrogens (tertiary/aromatic N) is 1. The van der Waals surface area contributed by atoms with Crippen LogP contribution in [0.4, 0.5) is 0 Å². The Kier molecular flexibility index (Phi) is 5.08. The summed E-state index contributed by atoms with van der Waals surface area (Å²) in [5, 5.41) is 5.51. The van der Waals surface area contributed by atoms with Crippen LogP contribution in [0.25, 0.3) is 0 Å². The molecule has 0 bridgehead atoms. The van der Waals surface area contributed by atoms with Gasteiger partial charge in [0.15, 0.2) is 0 Å². The first-order chi connectivity index (χ1) is 9.85. The van der Waals surface area contributed by atoms with E-state index < -0.39 is 10.0 Å². The average Bonchev–Trinajstić information content (AvgIpc) is 2.70. The number of rotatable bonds is 6. The Morgan fingerprint density at radius 1 is 1.38 bits per heavy atom.